The first kappa shape index (κ1) is 27.7. The lowest BCUT2D eigenvalue weighted by Crippen LogP contribution is -2.44. The van der Waals surface area contributed by atoms with Gasteiger partial charge in [0, 0.05) is 12.2 Å². The molecule has 10 heteroatoms. The van der Waals surface area contributed by atoms with E-state index in [2.05, 4.69) is 37.4 Å². The summed E-state index contributed by atoms with van der Waals surface area (Å²) in [7, 11) is 0. The van der Waals surface area contributed by atoms with Crippen molar-refractivity contribution in [2.24, 2.45) is 11.7 Å². The second-order valence-corrected chi connectivity index (χ2v) is 10.3. The molecule has 1 aromatic heterocycles. The van der Waals surface area contributed by atoms with Gasteiger partial charge in [-0.2, -0.15) is 4.37 Å². The fourth-order valence-electron chi connectivity index (χ4n) is 3.80. The third-order valence-corrected chi connectivity index (χ3v) is 6.80. The van der Waals surface area contributed by atoms with E-state index in [0.29, 0.717) is 23.7 Å². The average molecular weight is 524 g/mol. The van der Waals surface area contributed by atoms with Crippen LogP contribution in [0.3, 0.4) is 0 Å². The van der Waals surface area contributed by atoms with Crippen LogP contribution >= 0.6 is 11.5 Å². The van der Waals surface area contributed by atoms with E-state index in [4.69, 9.17) is 11.5 Å². The maximum absolute atomic E-state index is 14.0. The van der Waals surface area contributed by atoms with Crippen molar-refractivity contribution in [2.75, 3.05) is 17.2 Å². The van der Waals surface area contributed by atoms with Crippen LogP contribution in [-0.2, 0) is 4.79 Å². The van der Waals surface area contributed by atoms with Crippen molar-refractivity contribution >= 4 is 40.6 Å². The summed E-state index contributed by atoms with van der Waals surface area (Å²) in [6, 6.07) is 12.4. The van der Waals surface area contributed by atoms with Crippen LogP contribution in [0, 0.1) is 5.92 Å². The molecule has 0 aliphatic carbocycles. The normalized spacial score (nSPS) is 11.9. The zero-order valence-corrected chi connectivity index (χ0v) is 22.2. The number of primary amides is 1. The number of nitrogen functional groups attached to an aromatic ring is 1. The minimum Gasteiger partial charge on any atom is -0.508 e. The fourth-order valence-corrected chi connectivity index (χ4v) is 4.54. The van der Waals surface area contributed by atoms with Crippen molar-refractivity contribution in [3.63, 3.8) is 0 Å². The Morgan fingerprint density at radius 2 is 1.59 bits per heavy atom. The molecule has 9 nitrogen and oxygen atoms in total. The number of nitrogens with two attached hydrogens (primary N) is 2. The number of hydrogen-bond acceptors (Lipinski definition) is 7. The molecule has 37 heavy (non-hydrogen) atoms. The second-order valence-electron chi connectivity index (χ2n) is 9.53. The zero-order valence-electron chi connectivity index (χ0n) is 21.4. The third-order valence-electron chi connectivity index (χ3n) is 5.95. The molecule has 3 amide bonds. The number of anilines is 2. The fraction of sp³-hybridized carbons (Fsp3) is 0.333. The highest BCUT2D eigenvalue weighted by Gasteiger charge is 2.36. The third kappa shape index (κ3) is 6.45. The predicted molar refractivity (Wildman–Crippen MR) is 146 cm³/mol. The van der Waals surface area contributed by atoms with Gasteiger partial charge in [0.2, 0.25) is 5.91 Å². The van der Waals surface area contributed by atoms with Gasteiger partial charge in [-0.15, -0.1) is 0 Å². The lowest BCUT2D eigenvalue weighted by molar-refractivity contribution is -0.122. The van der Waals surface area contributed by atoms with Gasteiger partial charge in [-0.3, -0.25) is 19.3 Å². The van der Waals surface area contributed by atoms with Crippen molar-refractivity contribution in [3.8, 4) is 5.75 Å². The van der Waals surface area contributed by atoms with Crippen molar-refractivity contribution < 1.29 is 19.5 Å². The first-order valence-corrected chi connectivity index (χ1v) is 12.8. The molecule has 0 radical (unpaired) electrons. The lowest BCUT2D eigenvalue weighted by atomic mass is 10.00. The number of rotatable bonds is 10. The summed E-state index contributed by atoms with van der Waals surface area (Å²) < 4.78 is 3.97. The first-order chi connectivity index (χ1) is 17.5. The van der Waals surface area contributed by atoms with Gasteiger partial charge < -0.3 is 21.9 Å². The Kier molecular flexibility index (Phi) is 8.88. The van der Waals surface area contributed by atoms with Gasteiger partial charge in [0.25, 0.3) is 11.8 Å². The van der Waals surface area contributed by atoms with Crippen LogP contribution in [0.1, 0.15) is 77.4 Å². The van der Waals surface area contributed by atoms with Gasteiger partial charge in [-0.05, 0) is 65.2 Å². The van der Waals surface area contributed by atoms with Crippen LogP contribution < -0.4 is 21.7 Å². The minimum atomic E-state index is -1.09. The number of nitrogens with one attached hydrogen (secondary N) is 1. The van der Waals surface area contributed by atoms with E-state index in [1.165, 1.54) is 17.0 Å². The Balaban J connectivity index is 2.16. The van der Waals surface area contributed by atoms with E-state index in [9.17, 15) is 19.5 Å². The van der Waals surface area contributed by atoms with E-state index < -0.39 is 23.8 Å². The summed E-state index contributed by atoms with van der Waals surface area (Å²) in [5, 5.41) is 12.8. The zero-order chi connectivity index (χ0) is 27.3. The molecule has 0 saturated carbocycles. The Hall–Kier alpha value is -3.92. The van der Waals surface area contributed by atoms with E-state index >= 15 is 0 Å². The summed E-state index contributed by atoms with van der Waals surface area (Å²) >= 11 is 0.753. The second kappa shape index (κ2) is 11.9. The Labute approximate surface area is 220 Å². The number of phenolic OH excluding ortho intramolecular Hbond substituents is 1. The van der Waals surface area contributed by atoms with Gasteiger partial charge in [0.05, 0.1) is 5.69 Å². The Morgan fingerprint density at radius 3 is 2.11 bits per heavy atom. The lowest BCUT2D eigenvalue weighted by Gasteiger charge is -2.31. The molecule has 0 spiro atoms. The van der Waals surface area contributed by atoms with Gasteiger partial charge in [-0.25, -0.2) is 0 Å². The molecule has 3 rings (SSSR count). The Morgan fingerprint density at radius 1 is 1.00 bits per heavy atom. The number of carbonyl (C=O) groups is 3. The van der Waals surface area contributed by atoms with Gasteiger partial charge in [0.1, 0.15) is 16.7 Å². The molecule has 0 saturated heterocycles. The molecule has 6 N–H and O–H groups in total. The number of aromatic hydroxyl groups is 1. The summed E-state index contributed by atoms with van der Waals surface area (Å²) in [6.07, 6.45) is 0.759. The number of aromatic nitrogens is 1. The highest BCUT2D eigenvalue weighted by molar-refractivity contribution is 7.09. The van der Waals surface area contributed by atoms with Crippen LogP contribution in [0.25, 0.3) is 0 Å². The number of carbonyl (C=O) groups excluding carboxylic acids is 3. The molecule has 0 aliphatic rings. The molecule has 2 aromatic carbocycles. The first-order valence-electron chi connectivity index (χ1n) is 12.1. The molecule has 1 heterocycles. The van der Waals surface area contributed by atoms with E-state index in [-0.39, 0.29) is 27.9 Å². The SMILES string of the molecule is CC(C)CCNC(=O)[C@H](c1ccc(O)cc1)N(C(=O)c1snc(C(N)=O)c1N)c1ccc(C(C)C)cc1. The molecule has 0 bridgehead atoms. The van der Waals surface area contributed by atoms with Crippen LogP contribution in [-0.4, -0.2) is 33.7 Å². The summed E-state index contributed by atoms with van der Waals surface area (Å²) in [6.45, 7) is 8.65. The smallest absolute Gasteiger partial charge is 0.273 e. The highest BCUT2D eigenvalue weighted by Crippen LogP contribution is 2.34. The Bertz CT molecular complexity index is 1250. The standard InChI is InChI=1S/C27H33N5O4S/c1-15(2)13-14-30-26(35)23(18-7-11-20(33)12-8-18)32(19-9-5-17(6-10-19)16(3)4)27(36)24-21(28)22(25(29)34)31-37-24/h5-12,15-16,23,33H,13-14,28H2,1-4H3,(H2,29,34)(H,30,35)/t23-/m0/s1. The van der Waals surface area contributed by atoms with Gasteiger partial charge in [0.15, 0.2) is 5.69 Å². The number of amides is 3. The molecular weight excluding hydrogens is 490 g/mol. The monoisotopic (exact) mass is 523 g/mol. The number of nitrogens with zero attached hydrogens (tertiary/aromatic N) is 2. The summed E-state index contributed by atoms with van der Waals surface area (Å²) in [5.41, 5.74) is 13.2. The molecule has 3 aromatic rings. The van der Waals surface area contributed by atoms with Gasteiger partial charge >= 0.3 is 0 Å². The average Bonchev–Trinajstić information content (AvgIpc) is 3.24. The van der Waals surface area contributed by atoms with Crippen molar-refractivity contribution in [1.29, 1.82) is 0 Å². The van der Waals surface area contributed by atoms with E-state index in [1.807, 2.05) is 12.1 Å². The molecule has 0 fully saturated rings. The number of phenols is 1. The summed E-state index contributed by atoms with van der Waals surface area (Å²) in [4.78, 5) is 40.8. The van der Waals surface area contributed by atoms with Crippen LogP contribution in [0.2, 0.25) is 0 Å². The molecule has 1 atom stereocenters. The van der Waals surface area contributed by atoms with Crippen molar-refractivity contribution in [2.45, 2.75) is 46.1 Å². The summed E-state index contributed by atoms with van der Waals surface area (Å²) in [5.74, 6) is -1.18. The molecule has 0 unspecified atom stereocenters. The predicted octanol–water partition coefficient (Wildman–Crippen LogP) is 4.20. The quantitative estimate of drug-likeness (QED) is 0.312. The van der Waals surface area contributed by atoms with Crippen LogP contribution in [0.5, 0.6) is 5.75 Å². The molecule has 196 valence electrons. The van der Waals surface area contributed by atoms with Crippen LogP contribution in [0.15, 0.2) is 48.5 Å². The van der Waals surface area contributed by atoms with E-state index in [0.717, 1.165) is 23.5 Å². The largest absolute Gasteiger partial charge is 0.508 e. The highest BCUT2D eigenvalue weighted by atomic mass is 32.1. The topological polar surface area (TPSA) is 152 Å². The minimum absolute atomic E-state index is 0.000458. The number of benzene rings is 2. The number of hydrogen-bond donors (Lipinski definition) is 4. The maximum atomic E-state index is 14.0. The van der Waals surface area contributed by atoms with Crippen molar-refractivity contribution in [1.82, 2.24) is 9.69 Å². The van der Waals surface area contributed by atoms with Gasteiger partial charge in [-0.1, -0.05) is 52.0 Å². The van der Waals surface area contributed by atoms with E-state index in [1.54, 1.807) is 24.3 Å². The van der Waals surface area contributed by atoms with Crippen molar-refractivity contribution in [3.05, 3.63) is 70.2 Å². The van der Waals surface area contributed by atoms with Crippen LogP contribution in [0.4, 0.5) is 11.4 Å². The maximum Gasteiger partial charge on any atom is 0.273 e. The molecule has 0 aliphatic heterocycles. The molecular formula is C27H33N5O4S.